The number of aliphatic hydroxyl groups excluding tert-OH is 2. The molecule has 0 aromatic rings. The zero-order valence-corrected chi connectivity index (χ0v) is 11.2. The fraction of sp³-hybridized carbons (Fsp3) is 0.917. The number of amides is 1. The maximum absolute atomic E-state index is 11.3. The van der Waals surface area contributed by atoms with Crippen molar-refractivity contribution in [1.82, 2.24) is 10.6 Å². The van der Waals surface area contributed by atoms with Crippen molar-refractivity contribution in [3.05, 3.63) is 0 Å². The predicted octanol–water partition coefficient (Wildman–Crippen LogP) is 0.216. The zero-order valence-electron chi connectivity index (χ0n) is 11.2. The van der Waals surface area contributed by atoms with Gasteiger partial charge in [-0.1, -0.05) is 20.3 Å². The fourth-order valence-electron chi connectivity index (χ4n) is 1.63. The predicted molar refractivity (Wildman–Crippen MR) is 67.4 cm³/mol. The molecule has 0 radical (unpaired) electrons. The Balaban J connectivity index is 3.92. The van der Waals surface area contributed by atoms with Gasteiger partial charge in [0.15, 0.2) is 0 Å². The van der Waals surface area contributed by atoms with Crippen molar-refractivity contribution in [2.45, 2.75) is 58.9 Å². The molecule has 0 saturated heterocycles. The van der Waals surface area contributed by atoms with Gasteiger partial charge in [0.25, 0.3) is 0 Å². The molecule has 0 spiro atoms. The molecule has 3 unspecified atom stereocenters. The molecule has 0 saturated carbocycles. The molecule has 0 aromatic carbocycles. The molecule has 0 bridgehead atoms. The highest BCUT2D eigenvalue weighted by Crippen LogP contribution is 2.12. The third-order valence-electron chi connectivity index (χ3n) is 2.57. The van der Waals surface area contributed by atoms with Crippen molar-refractivity contribution in [1.29, 1.82) is 0 Å². The largest absolute Gasteiger partial charge is 0.389 e. The number of carbonyl (C=O) groups is 1. The summed E-state index contributed by atoms with van der Waals surface area (Å²) in [5, 5.41) is 24.7. The summed E-state index contributed by atoms with van der Waals surface area (Å²) in [4.78, 5) is 11.3. The summed E-state index contributed by atoms with van der Waals surface area (Å²) in [6.07, 6.45) is -0.104. The second kappa shape index (κ2) is 8.44. The maximum atomic E-state index is 11.3. The first-order valence-electron chi connectivity index (χ1n) is 6.27. The Kier molecular flexibility index (Phi) is 8.12. The van der Waals surface area contributed by atoms with Gasteiger partial charge >= 0.3 is 0 Å². The molecule has 17 heavy (non-hydrogen) atoms. The van der Waals surface area contributed by atoms with Crippen molar-refractivity contribution in [2.75, 3.05) is 6.54 Å². The topological polar surface area (TPSA) is 81.6 Å². The average molecular weight is 246 g/mol. The second-order valence-corrected chi connectivity index (χ2v) is 4.80. The van der Waals surface area contributed by atoms with E-state index >= 15 is 0 Å². The first-order valence-corrected chi connectivity index (χ1v) is 6.27. The molecule has 0 rings (SSSR count). The van der Waals surface area contributed by atoms with Crippen molar-refractivity contribution in [3.8, 4) is 0 Å². The van der Waals surface area contributed by atoms with Gasteiger partial charge in [0, 0.05) is 6.04 Å². The highest BCUT2D eigenvalue weighted by Gasteiger charge is 2.22. The quantitative estimate of drug-likeness (QED) is 0.462. The normalized spacial score (nSPS) is 16.6. The van der Waals surface area contributed by atoms with Gasteiger partial charge in [-0.2, -0.15) is 0 Å². The Labute approximate surface area is 104 Å². The van der Waals surface area contributed by atoms with Gasteiger partial charge in [-0.05, 0) is 26.2 Å². The number of rotatable bonds is 8. The third kappa shape index (κ3) is 7.31. The van der Waals surface area contributed by atoms with Crippen LogP contribution >= 0.6 is 0 Å². The van der Waals surface area contributed by atoms with E-state index in [1.165, 1.54) is 0 Å². The minimum atomic E-state index is -1.06. The molecule has 0 aromatic heterocycles. The number of carbonyl (C=O) groups excluding carboxylic acids is 1. The van der Waals surface area contributed by atoms with Gasteiger partial charge in [0.05, 0.1) is 12.6 Å². The Morgan fingerprint density at radius 3 is 2.29 bits per heavy atom. The number of aliphatic hydroxyl groups is 2. The molecule has 5 nitrogen and oxygen atoms in total. The fourth-order valence-corrected chi connectivity index (χ4v) is 1.63. The van der Waals surface area contributed by atoms with Crippen LogP contribution in [0.5, 0.6) is 0 Å². The highest BCUT2D eigenvalue weighted by atomic mass is 16.3. The lowest BCUT2D eigenvalue weighted by atomic mass is 9.98. The molecular weight excluding hydrogens is 220 g/mol. The van der Waals surface area contributed by atoms with Gasteiger partial charge in [0.1, 0.15) is 6.23 Å². The van der Waals surface area contributed by atoms with Crippen molar-refractivity contribution in [2.24, 2.45) is 5.92 Å². The van der Waals surface area contributed by atoms with E-state index in [1.54, 1.807) is 0 Å². The molecule has 0 heterocycles. The Hall–Kier alpha value is -0.650. The smallest absolute Gasteiger partial charge is 0.234 e. The standard InChI is InChI=1S/C12H26N2O3/c1-5-6-9(4)11(16)12(17)13-7-10(15)14-8(2)3/h8-9,11-13,16-17H,5-7H2,1-4H3,(H,14,15). The van der Waals surface area contributed by atoms with E-state index in [-0.39, 0.29) is 24.4 Å². The first kappa shape index (κ1) is 16.4. The summed E-state index contributed by atoms with van der Waals surface area (Å²) in [5.74, 6) is -0.176. The lowest BCUT2D eigenvalue weighted by molar-refractivity contribution is -0.122. The van der Waals surface area contributed by atoms with E-state index < -0.39 is 12.3 Å². The Morgan fingerprint density at radius 1 is 1.24 bits per heavy atom. The van der Waals surface area contributed by atoms with Crippen LogP contribution in [-0.4, -0.2) is 41.0 Å². The van der Waals surface area contributed by atoms with Crippen LogP contribution in [0.4, 0.5) is 0 Å². The van der Waals surface area contributed by atoms with E-state index in [2.05, 4.69) is 10.6 Å². The van der Waals surface area contributed by atoms with E-state index in [9.17, 15) is 15.0 Å². The third-order valence-corrected chi connectivity index (χ3v) is 2.57. The van der Waals surface area contributed by atoms with E-state index in [1.807, 2.05) is 27.7 Å². The van der Waals surface area contributed by atoms with Gasteiger partial charge in [0.2, 0.25) is 5.91 Å². The number of hydrogen-bond donors (Lipinski definition) is 4. The van der Waals surface area contributed by atoms with Crippen LogP contribution in [0.25, 0.3) is 0 Å². The molecule has 4 N–H and O–H groups in total. The van der Waals surface area contributed by atoms with Gasteiger partial charge in [-0.3, -0.25) is 10.1 Å². The Morgan fingerprint density at radius 2 is 1.82 bits per heavy atom. The minimum absolute atomic E-state index is 0.00918. The average Bonchev–Trinajstić information content (AvgIpc) is 2.24. The molecule has 0 aliphatic carbocycles. The summed E-state index contributed by atoms with van der Waals surface area (Å²) >= 11 is 0. The molecular formula is C12H26N2O3. The Bertz CT molecular complexity index is 222. The summed E-state index contributed by atoms with van der Waals surface area (Å²) < 4.78 is 0. The van der Waals surface area contributed by atoms with Crippen molar-refractivity contribution in [3.63, 3.8) is 0 Å². The minimum Gasteiger partial charge on any atom is -0.389 e. The summed E-state index contributed by atoms with van der Waals surface area (Å²) in [5.41, 5.74) is 0. The molecule has 5 heteroatoms. The van der Waals surface area contributed by atoms with E-state index in [4.69, 9.17) is 0 Å². The zero-order chi connectivity index (χ0) is 13.4. The molecule has 0 aliphatic rings. The highest BCUT2D eigenvalue weighted by molar-refractivity contribution is 5.78. The van der Waals surface area contributed by atoms with Crippen LogP contribution in [0.3, 0.4) is 0 Å². The lowest BCUT2D eigenvalue weighted by Crippen LogP contribution is -2.47. The van der Waals surface area contributed by atoms with Gasteiger partial charge < -0.3 is 15.5 Å². The van der Waals surface area contributed by atoms with Gasteiger partial charge in [-0.25, -0.2) is 0 Å². The molecule has 1 amide bonds. The van der Waals surface area contributed by atoms with Crippen LogP contribution in [0.1, 0.15) is 40.5 Å². The number of nitrogens with one attached hydrogen (secondary N) is 2. The van der Waals surface area contributed by atoms with E-state index in [0.29, 0.717) is 0 Å². The van der Waals surface area contributed by atoms with Crippen LogP contribution in [0.15, 0.2) is 0 Å². The van der Waals surface area contributed by atoms with Crippen LogP contribution < -0.4 is 10.6 Å². The van der Waals surface area contributed by atoms with Crippen LogP contribution in [-0.2, 0) is 4.79 Å². The second-order valence-electron chi connectivity index (χ2n) is 4.80. The molecule has 0 fully saturated rings. The lowest BCUT2D eigenvalue weighted by Gasteiger charge is -2.24. The molecule has 0 aliphatic heterocycles. The van der Waals surface area contributed by atoms with Crippen LogP contribution in [0.2, 0.25) is 0 Å². The molecule has 102 valence electrons. The maximum Gasteiger partial charge on any atom is 0.234 e. The number of hydrogen-bond acceptors (Lipinski definition) is 4. The molecule has 3 atom stereocenters. The summed E-state index contributed by atoms with van der Waals surface area (Å²) in [6, 6.07) is 0.0744. The van der Waals surface area contributed by atoms with E-state index in [0.717, 1.165) is 12.8 Å². The van der Waals surface area contributed by atoms with Crippen molar-refractivity contribution >= 4 is 5.91 Å². The summed E-state index contributed by atoms with van der Waals surface area (Å²) in [7, 11) is 0. The monoisotopic (exact) mass is 246 g/mol. The SMILES string of the molecule is CCCC(C)C(O)C(O)NCC(=O)NC(C)C. The van der Waals surface area contributed by atoms with Crippen molar-refractivity contribution < 1.29 is 15.0 Å². The first-order chi connectivity index (χ1) is 7.88. The summed E-state index contributed by atoms with van der Waals surface area (Å²) in [6.45, 7) is 7.65. The van der Waals surface area contributed by atoms with Crippen LogP contribution in [0, 0.1) is 5.92 Å². The van der Waals surface area contributed by atoms with Gasteiger partial charge in [-0.15, -0.1) is 0 Å².